The van der Waals surface area contributed by atoms with E-state index in [4.69, 9.17) is 5.11 Å². The molecule has 0 aliphatic carbocycles. The third-order valence-corrected chi connectivity index (χ3v) is 3.41. The summed E-state index contributed by atoms with van der Waals surface area (Å²) in [5.74, 6) is -1.69. The van der Waals surface area contributed by atoms with Gasteiger partial charge in [0.25, 0.3) is 11.5 Å². The second-order valence-corrected chi connectivity index (χ2v) is 4.57. The zero-order valence-electron chi connectivity index (χ0n) is 9.76. The molecule has 0 fully saturated rings. The van der Waals surface area contributed by atoms with Gasteiger partial charge >= 0.3 is 5.97 Å². The third-order valence-electron chi connectivity index (χ3n) is 2.32. The molecule has 0 unspecified atom stereocenters. The first-order valence-corrected chi connectivity index (χ1v) is 6.05. The molecular formula is C11H9N3O4S. The fourth-order valence-electron chi connectivity index (χ4n) is 1.41. The highest BCUT2D eigenvalue weighted by Crippen LogP contribution is 2.27. The predicted octanol–water partition coefficient (Wildman–Crippen LogP) is 1.09. The number of H-pyrrole nitrogens is 1. The van der Waals surface area contributed by atoms with Crippen LogP contribution in [0.5, 0.6) is 0 Å². The molecule has 19 heavy (non-hydrogen) atoms. The Hall–Kier alpha value is -2.48. The topological polar surface area (TPSA) is 112 Å². The molecule has 3 N–H and O–H groups in total. The molecule has 0 aliphatic rings. The summed E-state index contributed by atoms with van der Waals surface area (Å²) in [5, 5.41) is 18.8. The van der Waals surface area contributed by atoms with Crippen molar-refractivity contribution in [1.29, 1.82) is 0 Å². The lowest BCUT2D eigenvalue weighted by Crippen LogP contribution is -2.18. The standard InChI is InChI=1S/C11H9N3O4S/c1-5-4-19-9(11(17)18)8(5)12-10(16)6-2-3-7(15)14-13-6/h2-4H,1H3,(H,12,16)(H,14,15)(H,17,18). The minimum absolute atomic E-state index is 0.00142. The highest BCUT2D eigenvalue weighted by molar-refractivity contribution is 7.12. The third kappa shape index (κ3) is 2.68. The van der Waals surface area contributed by atoms with E-state index in [1.165, 1.54) is 12.1 Å². The van der Waals surface area contributed by atoms with E-state index < -0.39 is 17.4 Å². The van der Waals surface area contributed by atoms with Crippen LogP contribution in [0.1, 0.15) is 25.7 Å². The normalized spacial score (nSPS) is 10.2. The molecule has 0 spiro atoms. The van der Waals surface area contributed by atoms with E-state index in [-0.39, 0.29) is 16.3 Å². The molecule has 1 amide bonds. The molecule has 0 aromatic carbocycles. The number of carboxylic acids is 1. The van der Waals surface area contributed by atoms with Gasteiger partial charge in [0.2, 0.25) is 0 Å². The Kier molecular flexibility index (Phi) is 3.43. The number of hydrogen-bond acceptors (Lipinski definition) is 5. The lowest BCUT2D eigenvalue weighted by Gasteiger charge is -2.05. The minimum atomic E-state index is -1.11. The number of aromatic carboxylic acids is 1. The first kappa shape index (κ1) is 13.0. The van der Waals surface area contributed by atoms with Crippen LogP contribution in [-0.4, -0.2) is 27.2 Å². The SMILES string of the molecule is Cc1csc(C(=O)O)c1NC(=O)c1ccc(=O)[nH]n1. The van der Waals surface area contributed by atoms with Gasteiger partial charge in [-0.1, -0.05) is 0 Å². The van der Waals surface area contributed by atoms with Crippen LogP contribution >= 0.6 is 11.3 Å². The first-order valence-electron chi connectivity index (χ1n) is 5.17. The fraction of sp³-hybridized carbons (Fsp3) is 0.0909. The lowest BCUT2D eigenvalue weighted by atomic mass is 10.2. The Balaban J connectivity index is 2.28. The molecule has 2 heterocycles. The van der Waals surface area contributed by atoms with Gasteiger partial charge in [0.1, 0.15) is 10.6 Å². The van der Waals surface area contributed by atoms with Gasteiger partial charge in [0.15, 0.2) is 0 Å². The molecule has 7 nitrogen and oxygen atoms in total. The Morgan fingerprint density at radius 1 is 1.42 bits per heavy atom. The number of aromatic amines is 1. The number of anilines is 1. The van der Waals surface area contributed by atoms with Crippen molar-refractivity contribution in [2.75, 3.05) is 5.32 Å². The summed E-state index contributed by atoms with van der Waals surface area (Å²) in [4.78, 5) is 33.7. The zero-order valence-corrected chi connectivity index (χ0v) is 10.6. The maximum Gasteiger partial charge on any atom is 0.348 e. The van der Waals surface area contributed by atoms with Gasteiger partial charge in [0, 0.05) is 6.07 Å². The van der Waals surface area contributed by atoms with Crippen LogP contribution in [0.15, 0.2) is 22.3 Å². The van der Waals surface area contributed by atoms with Crippen molar-refractivity contribution in [2.24, 2.45) is 0 Å². The summed E-state index contributed by atoms with van der Waals surface area (Å²) in [6.07, 6.45) is 0. The maximum absolute atomic E-state index is 11.9. The van der Waals surface area contributed by atoms with E-state index >= 15 is 0 Å². The van der Waals surface area contributed by atoms with Crippen LogP contribution in [-0.2, 0) is 0 Å². The quantitative estimate of drug-likeness (QED) is 0.778. The number of nitrogens with zero attached hydrogens (tertiary/aromatic N) is 1. The maximum atomic E-state index is 11.9. The summed E-state index contributed by atoms with van der Waals surface area (Å²) < 4.78 is 0. The van der Waals surface area contributed by atoms with Crippen molar-refractivity contribution in [2.45, 2.75) is 6.92 Å². The van der Waals surface area contributed by atoms with E-state index in [0.717, 1.165) is 11.3 Å². The molecule has 0 bridgehead atoms. The van der Waals surface area contributed by atoms with E-state index in [2.05, 4.69) is 15.5 Å². The van der Waals surface area contributed by atoms with E-state index in [1.54, 1.807) is 12.3 Å². The minimum Gasteiger partial charge on any atom is -0.477 e. The number of aryl methyl sites for hydroxylation is 1. The van der Waals surface area contributed by atoms with Crippen molar-refractivity contribution in [3.8, 4) is 0 Å². The van der Waals surface area contributed by atoms with Crippen LogP contribution in [0.25, 0.3) is 0 Å². The molecular weight excluding hydrogens is 270 g/mol. The number of hydrogen-bond donors (Lipinski definition) is 3. The summed E-state index contributed by atoms with van der Waals surface area (Å²) in [7, 11) is 0. The summed E-state index contributed by atoms with van der Waals surface area (Å²) >= 11 is 1.03. The number of aromatic nitrogens is 2. The molecule has 2 aromatic rings. The van der Waals surface area contributed by atoms with Crippen LogP contribution in [0.2, 0.25) is 0 Å². The summed E-state index contributed by atoms with van der Waals surface area (Å²) in [6.45, 7) is 1.69. The van der Waals surface area contributed by atoms with Gasteiger partial charge in [-0.05, 0) is 23.9 Å². The van der Waals surface area contributed by atoms with Gasteiger partial charge in [-0.3, -0.25) is 9.59 Å². The van der Waals surface area contributed by atoms with Gasteiger partial charge in [-0.25, -0.2) is 9.89 Å². The average molecular weight is 279 g/mol. The van der Waals surface area contributed by atoms with Crippen LogP contribution in [0.3, 0.4) is 0 Å². The van der Waals surface area contributed by atoms with Gasteiger partial charge in [0.05, 0.1) is 5.69 Å². The Bertz CT molecular complexity index is 684. The van der Waals surface area contributed by atoms with Crippen LogP contribution in [0, 0.1) is 6.92 Å². The first-order chi connectivity index (χ1) is 8.99. The van der Waals surface area contributed by atoms with Crippen molar-refractivity contribution in [3.63, 3.8) is 0 Å². The van der Waals surface area contributed by atoms with Gasteiger partial charge in [-0.2, -0.15) is 5.10 Å². The van der Waals surface area contributed by atoms with Crippen LogP contribution < -0.4 is 10.9 Å². The Morgan fingerprint density at radius 3 is 2.74 bits per heavy atom. The lowest BCUT2D eigenvalue weighted by molar-refractivity contribution is 0.0703. The number of carbonyl (C=O) groups excluding carboxylic acids is 1. The molecule has 2 rings (SSSR count). The largest absolute Gasteiger partial charge is 0.477 e. The zero-order chi connectivity index (χ0) is 14.0. The van der Waals surface area contributed by atoms with Crippen molar-refractivity contribution in [1.82, 2.24) is 10.2 Å². The molecule has 0 atom stereocenters. The highest BCUT2D eigenvalue weighted by Gasteiger charge is 2.18. The molecule has 0 saturated heterocycles. The number of carboxylic acid groups (broad SMARTS) is 1. The van der Waals surface area contributed by atoms with Crippen molar-refractivity contribution >= 4 is 28.9 Å². The molecule has 2 aromatic heterocycles. The fourth-order valence-corrected chi connectivity index (χ4v) is 2.25. The van der Waals surface area contributed by atoms with Crippen molar-refractivity contribution < 1.29 is 14.7 Å². The number of amides is 1. The summed E-state index contributed by atoms with van der Waals surface area (Å²) in [6, 6.07) is 2.43. The van der Waals surface area contributed by atoms with Crippen molar-refractivity contribution in [3.05, 3.63) is 44.0 Å². The number of rotatable bonds is 3. The highest BCUT2D eigenvalue weighted by atomic mass is 32.1. The second-order valence-electron chi connectivity index (χ2n) is 3.69. The number of nitrogens with one attached hydrogen (secondary N) is 2. The molecule has 98 valence electrons. The molecule has 0 radical (unpaired) electrons. The summed E-state index contributed by atoms with van der Waals surface area (Å²) in [5.41, 5.74) is 0.478. The van der Waals surface area contributed by atoms with E-state index in [1.807, 2.05) is 0 Å². The van der Waals surface area contributed by atoms with E-state index in [0.29, 0.717) is 5.56 Å². The smallest absolute Gasteiger partial charge is 0.348 e. The van der Waals surface area contributed by atoms with Crippen LogP contribution in [0.4, 0.5) is 5.69 Å². The molecule has 0 saturated carbocycles. The number of carbonyl (C=O) groups is 2. The van der Waals surface area contributed by atoms with Gasteiger partial charge < -0.3 is 10.4 Å². The molecule has 0 aliphatic heterocycles. The Labute approximate surface area is 110 Å². The molecule has 8 heteroatoms. The average Bonchev–Trinajstić information content (AvgIpc) is 2.72. The second kappa shape index (κ2) is 5.02. The predicted molar refractivity (Wildman–Crippen MR) is 68.8 cm³/mol. The Morgan fingerprint density at radius 2 is 2.16 bits per heavy atom. The monoisotopic (exact) mass is 279 g/mol. The number of thiophene rings is 1. The van der Waals surface area contributed by atoms with Gasteiger partial charge in [-0.15, -0.1) is 11.3 Å². The van der Waals surface area contributed by atoms with E-state index in [9.17, 15) is 14.4 Å².